The number of carbonyl (C=O) groups excluding carboxylic acids is 2. The molecule has 0 aliphatic carbocycles. The maximum absolute atomic E-state index is 11.9. The normalized spacial score (nSPS) is 11.0. The van der Waals surface area contributed by atoms with E-state index in [1.165, 1.54) is 12.2 Å². The topological polar surface area (TPSA) is 52.6 Å². The maximum atomic E-state index is 11.9. The second kappa shape index (κ2) is 9.23. The quantitative estimate of drug-likeness (QED) is 0.541. The van der Waals surface area contributed by atoms with Gasteiger partial charge in [-0.2, -0.15) is 0 Å². The molecule has 0 spiro atoms. The van der Waals surface area contributed by atoms with Crippen LogP contribution in [0.25, 0.3) is 12.2 Å². The minimum Gasteiger partial charge on any atom is -0.493 e. The molecule has 0 saturated carbocycles. The zero-order valence-corrected chi connectivity index (χ0v) is 14.3. The first-order chi connectivity index (χ1) is 12.1. The molecule has 0 aromatic heterocycles. The highest BCUT2D eigenvalue weighted by atomic mass is 16.5. The van der Waals surface area contributed by atoms with Gasteiger partial charge in [-0.3, -0.25) is 9.59 Å². The third-order valence-corrected chi connectivity index (χ3v) is 3.48. The Morgan fingerprint density at radius 2 is 1.40 bits per heavy atom. The Hall–Kier alpha value is -3.14. The van der Waals surface area contributed by atoms with Crippen LogP contribution in [0.3, 0.4) is 0 Å². The zero-order chi connectivity index (χ0) is 18.1. The lowest BCUT2D eigenvalue weighted by atomic mass is 10.1. The minimum atomic E-state index is -0.252. The van der Waals surface area contributed by atoms with Crippen LogP contribution in [0.2, 0.25) is 0 Å². The van der Waals surface area contributed by atoms with Gasteiger partial charge in [-0.05, 0) is 35.4 Å². The largest absolute Gasteiger partial charge is 0.493 e. The average molecular weight is 336 g/mol. The summed E-state index contributed by atoms with van der Waals surface area (Å²) in [5.74, 6) is 0.717. The summed E-state index contributed by atoms with van der Waals surface area (Å²) in [5, 5.41) is 0. The molecule has 0 bridgehead atoms. The van der Waals surface area contributed by atoms with Gasteiger partial charge in [-0.1, -0.05) is 48.6 Å². The summed E-state index contributed by atoms with van der Waals surface area (Å²) < 4.78 is 10.4. The van der Waals surface area contributed by atoms with Gasteiger partial charge in [0.25, 0.3) is 0 Å². The molecule has 4 heteroatoms. The summed E-state index contributed by atoms with van der Waals surface area (Å²) in [6, 6.07) is 14.8. The molecule has 0 amide bonds. The molecule has 128 valence electrons. The third-order valence-electron chi connectivity index (χ3n) is 3.48. The van der Waals surface area contributed by atoms with Crippen molar-refractivity contribution >= 4 is 23.7 Å². The van der Waals surface area contributed by atoms with E-state index in [0.717, 1.165) is 11.1 Å². The van der Waals surface area contributed by atoms with Crippen LogP contribution in [0.1, 0.15) is 17.5 Å². The fourth-order valence-corrected chi connectivity index (χ4v) is 2.19. The molecule has 25 heavy (non-hydrogen) atoms. The number of benzene rings is 2. The lowest BCUT2D eigenvalue weighted by Gasteiger charge is -2.07. The number of allylic oxidation sites excluding steroid dienone is 2. The Morgan fingerprint density at radius 3 is 2.00 bits per heavy atom. The van der Waals surface area contributed by atoms with Crippen LogP contribution in [0.4, 0.5) is 0 Å². The van der Waals surface area contributed by atoms with E-state index in [2.05, 4.69) is 0 Å². The smallest absolute Gasteiger partial charge is 0.163 e. The van der Waals surface area contributed by atoms with E-state index < -0.39 is 0 Å². The molecular weight excluding hydrogens is 316 g/mol. The van der Waals surface area contributed by atoms with Crippen molar-refractivity contribution in [2.45, 2.75) is 6.42 Å². The fourth-order valence-electron chi connectivity index (χ4n) is 2.19. The Kier molecular flexibility index (Phi) is 6.72. The number of methoxy groups -OCH3 is 2. The van der Waals surface area contributed by atoms with Crippen molar-refractivity contribution in [1.29, 1.82) is 0 Å². The SMILES string of the molecule is COc1ccc(/C=C/C(=O)CC(=O)/C=C/c2ccccc2)cc1OC. The highest BCUT2D eigenvalue weighted by Gasteiger charge is 2.05. The second-order valence-corrected chi connectivity index (χ2v) is 5.30. The number of ketones is 2. The van der Waals surface area contributed by atoms with Crippen LogP contribution in [-0.2, 0) is 9.59 Å². The Morgan fingerprint density at radius 1 is 0.800 bits per heavy atom. The Bertz CT molecular complexity index is 789. The first kappa shape index (κ1) is 18.2. The number of ether oxygens (including phenoxy) is 2. The summed E-state index contributed by atoms with van der Waals surface area (Å²) in [7, 11) is 3.11. The van der Waals surface area contributed by atoms with E-state index in [9.17, 15) is 9.59 Å². The Balaban J connectivity index is 1.94. The van der Waals surface area contributed by atoms with Crippen LogP contribution in [0.15, 0.2) is 60.7 Å². The predicted octanol–water partition coefficient (Wildman–Crippen LogP) is 3.96. The molecule has 2 rings (SSSR count). The van der Waals surface area contributed by atoms with E-state index in [1.54, 1.807) is 38.5 Å². The van der Waals surface area contributed by atoms with Gasteiger partial charge in [0.2, 0.25) is 0 Å². The van der Waals surface area contributed by atoms with E-state index in [1.807, 2.05) is 36.4 Å². The molecule has 0 aliphatic rings. The van der Waals surface area contributed by atoms with Gasteiger partial charge < -0.3 is 9.47 Å². The standard InChI is InChI=1S/C21H20O4/c1-24-20-13-10-17(14-21(20)25-2)9-12-19(23)15-18(22)11-8-16-6-4-3-5-7-16/h3-14H,15H2,1-2H3/b11-8+,12-9+. The monoisotopic (exact) mass is 336 g/mol. The van der Waals surface area contributed by atoms with Gasteiger partial charge in [0, 0.05) is 0 Å². The number of carbonyl (C=O) groups is 2. The minimum absolute atomic E-state index is 0.160. The van der Waals surface area contributed by atoms with E-state index in [-0.39, 0.29) is 18.0 Å². The molecule has 0 atom stereocenters. The summed E-state index contributed by atoms with van der Waals surface area (Å²) in [6.45, 7) is 0. The average Bonchev–Trinajstić information content (AvgIpc) is 2.65. The molecule has 2 aromatic carbocycles. The zero-order valence-electron chi connectivity index (χ0n) is 14.3. The van der Waals surface area contributed by atoms with Gasteiger partial charge >= 0.3 is 0 Å². The van der Waals surface area contributed by atoms with Crippen LogP contribution in [0.5, 0.6) is 11.5 Å². The lowest BCUT2D eigenvalue weighted by Crippen LogP contribution is -2.01. The number of hydrogen-bond acceptors (Lipinski definition) is 4. The van der Waals surface area contributed by atoms with Gasteiger partial charge in [-0.15, -0.1) is 0 Å². The van der Waals surface area contributed by atoms with Crippen molar-refractivity contribution in [3.63, 3.8) is 0 Å². The van der Waals surface area contributed by atoms with Crippen molar-refractivity contribution in [3.8, 4) is 11.5 Å². The number of hydrogen-bond donors (Lipinski definition) is 0. The highest BCUT2D eigenvalue weighted by Crippen LogP contribution is 2.27. The van der Waals surface area contributed by atoms with Gasteiger partial charge in [0.05, 0.1) is 20.6 Å². The fraction of sp³-hybridized carbons (Fsp3) is 0.143. The van der Waals surface area contributed by atoms with Gasteiger partial charge in [-0.25, -0.2) is 0 Å². The van der Waals surface area contributed by atoms with Crippen molar-refractivity contribution < 1.29 is 19.1 Å². The highest BCUT2D eigenvalue weighted by molar-refractivity contribution is 6.10. The molecule has 0 heterocycles. The summed E-state index contributed by atoms with van der Waals surface area (Å²) in [6.07, 6.45) is 6.02. The first-order valence-electron chi connectivity index (χ1n) is 7.81. The lowest BCUT2D eigenvalue weighted by molar-refractivity contribution is -0.121. The van der Waals surface area contributed by atoms with Crippen LogP contribution < -0.4 is 9.47 Å². The summed E-state index contributed by atoms with van der Waals surface area (Å²) in [5.41, 5.74) is 1.71. The van der Waals surface area contributed by atoms with Gasteiger partial charge in [0.15, 0.2) is 23.1 Å². The first-order valence-corrected chi connectivity index (χ1v) is 7.81. The molecule has 0 N–H and O–H groups in total. The third kappa shape index (κ3) is 5.77. The van der Waals surface area contributed by atoms with E-state index in [0.29, 0.717) is 11.5 Å². The Labute approximate surface area is 147 Å². The van der Waals surface area contributed by atoms with Crippen LogP contribution in [0, 0.1) is 0 Å². The van der Waals surface area contributed by atoms with Crippen molar-refractivity contribution in [2.24, 2.45) is 0 Å². The molecule has 0 radical (unpaired) electrons. The van der Waals surface area contributed by atoms with Crippen LogP contribution in [-0.4, -0.2) is 25.8 Å². The van der Waals surface area contributed by atoms with Crippen molar-refractivity contribution in [2.75, 3.05) is 14.2 Å². The van der Waals surface area contributed by atoms with E-state index >= 15 is 0 Å². The van der Waals surface area contributed by atoms with Crippen LogP contribution >= 0.6 is 0 Å². The molecule has 0 saturated heterocycles. The maximum Gasteiger partial charge on any atom is 0.163 e. The summed E-state index contributed by atoms with van der Waals surface area (Å²) >= 11 is 0. The van der Waals surface area contributed by atoms with Crippen molar-refractivity contribution in [1.82, 2.24) is 0 Å². The molecular formula is C21H20O4. The molecule has 0 unspecified atom stereocenters. The predicted molar refractivity (Wildman–Crippen MR) is 98.7 cm³/mol. The van der Waals surface area contributed by atoms with Crippen molar-refractivity contribution in [3.05, 3.63) is 71.8 Å². The van der Waals surface area contributed by atoms with Gasteiger partial charge in [0.1, 0.15) is 0 Å². The second-order valence-electron chi connectivity index (χ2n) is 5.30. The van der Waals surface area contributed by atoms with E-state index in [4.69, 9.17) is 9.47 Å². The molecule has 2 aromatic rings. The number of rotatable bonds is 8. The summed E-state index contributed by atoms with van der Waals surface area (Å²) in [4.78, 5) is 23.8. The molecule has 0 aliphatic heterocycles. The molecule has 4 nitrogen and oxygen atoms in total. The molecule has 0 fully saturated rings.